The van der Waals surface area contributed by atoms with Gasteiger partial charge in [-0.1, -0.05) is 37.3 Å². The van der Waals surface area contributed by atoms with Gasteiger partial charge in [-0.2, -0.15) is 13.2 Å². The zero-order chi connectivity index (χ0) is 23.4. The summed E-state index contributed by atoms with van der Waals surface area (Å²) in [5, 5.41) is 2.91. The minimum Gasteiger partial charge on any atom is -0.440 e. The van der Waals surface area contributed by atoms with E-state index < -0.39 is 11.7 Å². The maximum absolute atomic E-state index is 12.9. The predicted molar refractivity (Wildman–Crippen MR) is 121 cm³/mol. The summed E-state index contributed by atoms with van der Waals surface area (Å²) in [6.07, 6.45) is -2.44. The summed E-state index contributed by atoms with van der Waals surface area (Å²) in [4.78, 5) is 16.7. The fraction of sp³-hybridized carbons (Fsp3) is 0.231. The Morgan fingerprint density at radius 1 is 1.00 bits per heavy atom. The van der Waals surface area contributed by atoms with Crippen LogP contribution in [0.25, 0.3) is 22.2 Å². The second kappa shape index (κ2) is 9.48. The molecule has 1 heterocycles. The highest BCUT2D eigenvalue weighted by molar-refractivity contribution is 5.94. The number of alkyl halides is 3. The number of hydrogen-bond donors (Lipinski definition) is 1. The van der Waals surface area contributed by atoms with Crippen molar-refractivity contribution in [3.8, 4) is 11.1 Å². The number of carbonyl (C=O) groups is 1. The van der Waals surface area contributed by atoms with Gasteiger partial charge in [0.05, 0.1) is 5.56 Å². The van der Waals surface area contributed by atoms with Crippen LogP contribution in [-0.4, -0.2) is 17.4 Å². The van der Waals surface area contributed by atoms with Crippen molar-refractivity contribution in [1.29, 1.82) is 0 Å². The monoisotopic (exact) mass is 452 g/mol. The van der Waals surface area contributed by atoms with Crippen LogP contribution in [0.2, 0.25) is 0 Å². The van der Waals surface area contributed by atoms with E-state index in [0.29, 0.717) is 53.9 Å². The molecule has 4 rings (SSSR count). The van der Waals surface area contributed by atoms with Gasteiger partial charge in [0, 0.05) is 18.5 Å². The van der Waals surface area contributed by atoms with Crippen molar-refractivity contribution in [2.24, 2.45) is 0 Å². The molecule has 1 amide bonds. The Morgan fingerprint density at radius 2 is 1.73 bits per heavy atom. The van der Waals surface area contributed by atoms with Crippen LogP contribution in [0.1, 0.15) is 40.7 Å². The van der Waals surface area contributed by atoms with E-state index in [2.05, 4.69) is 10.3 Å². The first kappa shape index (κ1) is 22.6. The zero-order valence-electron chi connectivity index (χ0n) is 18.1. The number of nitrogens with one attached hydrogen (secondary N) is 1. The average molecular weight is 452 g/mol. The molecular formula is C26H23F3N2O2. The minimum atomic E-state index is -4.38. The maximum Gasteiger partial charge on any atom is 0.416 e. The van der Waals surface area contributed by atoms with Gasteiger partial charge in [-0.05, 0) is 65.9 Å². The Morgan fingerprint density at radius 3 is 2.39 bits per heavy atom. The Balaban J connectivity index is 1.54. The number of fused-ring (bicyclic) bond motifs is 1. The maximum atomic E-state index is 12.9. The van der Waals surface area contributed by atoms with Crippen LogP contribution in [0.5, 0.6) is 0 Å². The van der Waals surface area contributed by atoms with Gasteiger partial charge in [-0.15, -0.1) is 0 Å². The van der Waals surface area contributed by atoms with Crippen LogP contribution < -0.4 is 5.32 Å². The average Bonchev–Trinajstić information content (AvgIpc) is 3.25. The fourth-order valence-electron chi connectivity index (χ4n) is 3.68. The van der Waals surface area contributed by atoms with Gasteiger partial charge in [-0.25, -0.2) is 4.98 Å². The van der Waals surface area contributed by atoms with E-state index in [9.17, 15) is 18.0 Å². The number of nitrogens with zero attached hydrogens (tertiary/aromatic N) is 1. The van der Waals surface area contributed by atoms with Crippen molar-refractivity contribution >= 4 is 17.0 Å². The van der Waals surface area contributed by atoms with Crippen molar-refractivity contribution < 1.29 is 22.4 Å². The number of oxazole rings is 1. The molecule has 0 aliphatic heterocycles. The van der Waals surface area contributed by atoms with Crippen LogP contribution >= 0.6 is 0 Å². The van der Waals surface area contributed by atoms with E-state index in [0.717, 1.165) is 23.3 Å². The number of aromatic nitrogens is 1. The molecule has 0 fully saturated rings. The third-order valence-electron chi connectivity index (χ3n) is 5.40. The molecule has 0 spiro atoms. The molecule has 0 saturated carbocycles. The lowest BCUT2D eigenvalue weighted by atomic mass is 9.98. The van der Waals surface area contributed by atoms with Crippen molar-refractivity contribution in [3.63, 3.8) is 0 Å². The predicted octanol–water partition coefficient (Wildman–Crippen LogP) is 6.44. The van der Waals surface area contributed by atoms with E-state index in [-0.39, 0.29) is 5.91 Å². The van der Waals surface area contributed by atoms with Crippen molar-refractivity contribution in [2.45, 2.75) is 32.4 Å². The summed E-state index contributed by atoms with van der Waals surface area (Å²) in [7, 11) is 0. The lowest BCUT2D eigenvalue weighted by molar-refractivity contribution is -0.137. The molecule has 33 heavy (non-hydrogen) atoms. The molecule has 0 saturated heterocycles. The quantitative estimate of drug-likeness (QED) is 0.328. The molecular weight excluding hydrogens is 429 g/mol. The zero-order valence-corrected chi connectivity index (χ0v) is 18.1. The molecule has 3 aromatic carbocycles. The molecule has 4 nitrogen and oxygen atoms in total. The number of halogens is 3. The number of aryl methyl sites for hydroxylation is 2. The van der Waals surface area contributed by atoms with Gasteiger partial charge in [0.1, 0.15) is 5.52 Å². The second-order valence-electron chi connectivity index (χ2n) is 7.75. The Bertz CT molecular complexity index is 1250. The van der Waals surface area contributed by atoms with E-state index in [1.54, 1.807) is 12.1 Å². The third kappa shape index (κ3) is 5.25. The molecule has 1 aromatic heterocycles. The molecule has 7 heteroatoms. The number of hydrogen-bond acceptors (Lipinski definition) is 3. The summed E-state index contributed by atoms with van der Waals surface area (Å²) in [6.45, 7) is 2.43. The highest BCUT2D eigenvalue weighted by Crippen LogP contribution is 2.33. The van der Waals surface area contributed by atoms with E-state index in [1.807, 2.05) is 37.3 Å². The first-order chi connectivity index (χ1) is 15.8. The van der Waals surface area contributed by atoms with Crippen LogP contribution in [-0.2, 0) is 19.0 Å². The Labute approximate surface area is 189 Å². The SMILES string of the molecule is CCc1nc2cc(-c3ccc(C(F)(F)F)cc3)cc(CCCNC(=O)c3ccccc3)c2o1. The standard InChI is InChI=1S/C26H23F3N2O2/c1-2-23-31-22-16-20(17-10-12-21(13-11-17)26(27,28)29)15-19(24(22)33-23)9-6-14-30-25(32)18-7-4-3-5-8-18/h3-5,7-8,10-13,15-16H,2,6,9,14H2,1H3,(H,30,32). The van der Waals surface area contributed by atoms with Gasteiger partial charge in [-0.3, -0.25) is 4.79 Å². The number of carbonyl (C=O) groups excluding carboxylic acids is 1. The van der Waals surface area contributed by atoms with Gasteiger partial charge >= 0.3 is 6.18 Å². The summed E-state index contributed by atoms with van der Waals surface area (Å²) >= 11 is 0. The van der Waals surface area contributed by atoms with Crippen molar-refractivity contribution in [1.82, 2.24) is 10.3 Å². The van der Waals surface area contributed by atoms with Crippen LogP contribution in [0, 0.1) is 0 Å². The third-order valence-corrected chi connectivity index (χ3v) is 5.40. The van der Waals surface area contributed by atoms with Crippen molar-refractivity contribution in [2.75, 3.05) is 6.54 Å². The topological polar surface area (TPSA) is 55.1 Å². The molecule has 0 atom stereocenters. The number of rotatable bonds is 7. The molecule has 0 unspecified atom stereocenters. The molecule has 4 aromatic rings. The van der Waals surface area contributed by atoms with Gasteiger partial charge in [0.15, 0.2) is 11.5 Å². The van der Waals surface area contributed by atoms with Crippen LogP contribution in [0.15, 0.2) is 71.1 Å². The first-order valence-electron chi connectivity index (χ1n) is 10.8. The smallest absolute Gasteiger partial charge is 0.416 e. The highest BCUT2D eigenvalue weighted by atomic mass is 19.4. The lowest BCUT2D eigenvalue weighted by Gasteiger charge is -2.10. The summed E-state index contributed by atoms with van der Waals surface area (Å²) in [6, 6.07) is 17.9. The van der Waals surface area contributed by atoms with Gasteiger partial charge in [0.2, 0.25) is 0 Å². The number of benzene rings is 3. The largest absolute Gasteiger partial charge is 0.440 e. The molecule has 1 N–H and O–H groups in total. The summed E-state index contributed by atoms with van der Waals surface area (Å²) in [5.41, 5.74) is 3.62. The minimum absolute atomic E-state index is 0.132. The molecule has 0 aliphatic rings. The summed E-state index contributed by atoms with van der Waals surface area (Å²) < 4.78 is 44.7. The molecule has 0 bridgehead atoms. The summed E-state index contributed by atoms with van der Waals surface area (Å²) in [5.74, 6) is 0.473. The Hall–Kier alpha value is -3.61. The van der Waals surface area contributed by atoms with E-state index in [4.69, 9.17) is 4.42 Å². The Kier molecular flexibility index (Phi) is 6.49. The van der Waals surface area contributed by atoms with Crippen LogP contribution in [0.3, 0.4) is 0 Å². The van der Waals surface area contributed by atoms with Gasteiger partial charge in [0.25, 0.3) is 5.91 Å². The normalized spacial score (nSPS) is 11.6. The molecule has 0 aliphatic carbocycles. The molecule has 0 radical (unpaired) electrons. The van der Waals surface area contributed by atoms with E-state index in [1.165, 1.54) is 12.1 Å². The first-order valence-corrected chi connectivity index (χ1v) is 10.8. The van der Waals surface area contributed by atoms with Crippen molar-refractivity contribution in [3.05, 3.63) is 89.3 Å². The lowest BCUT2D eigenvalue weighted by Crippen LogP contribution is -2.24. The van der Waals surface area contributed by atoms with Gasteiger partial charge < -0.3 is 9.73 Å². The second-order valence-corrected chi connectivity index (χ2v) is 7.75. The number of amides is 1. The molecule has 170 valence electrons. The van der Waals surface area contributed by atoms with E-state index >= 15 is 0 Å². The van der Waals surface area contributed by atoms with Crippen LogP contribution in [0.4, 0.5) is 13.2 Å². The highest BCUT2D eigenvalue weighted by Gasteiger charge is 2.30. The fourth-order valence-corrected chi connectivity index (χ4v) is 3.68.